The summed E-state index contributed by atoms with van der Waals surface area (Å²) in [6.07, 6.45) is 1.75. The molecule has 14 heteroatoms. The van der Waals surface area contributed by atoms with Gasteiger partial charge in [0.1, 0.15) is 17.1 Å². The van der Waals surface area contributed by atoms with Gasteiger partial charge in [-0.15, -0.1) is 0 Å². The van der Waals surface area contributed by atoms with E-state index in [1.165, 1.54) is 55.8 Å². The van der Waals surface area contributed by atoms with Crippen LogP contribution < -0.4 is 18.9 Å². The van der Waals surface area contributed by atoms with Crippen molar-refractivity contribution in [2.75, 3.05) is 11.8 Å². The Hall–Kier alpha value is -3.62. The minimum absolute atomic E-state index is 0.00561. The number of hydrogen-bond donors (Lipinski definition) is 3. The van der Waals surface area contributed by atoms with Crippen LogP contribution in [0.1, 0.15) is 11.1 Å². The molecule has 1 aliphatic rings. The second kappa shape index (κ2) is 9.09. The molecule has 168 valence electrons. The zero-order valence-corrected chi connectivity index (χ0v) is 17.9. The lowest BCUT2D eigenvalue weighted by molar-refractivity contribution is -0.0442. The van der Waals surface area contributed by atoms with E-state index in [2.05, 4.69) is 24.6 Å². The van der Waals surface area contributed by atoms with Gasteiger partial charge in [-0.25, -0.2) is 23.1 Å². The highest BCUT2D eigenvalue weighted by Crippen LogP contribution is 2.40. The van der Waals surface area contributed by atoms with E-state index < -0.39 is 35.3 Å². The molecule has 3 aromatic rings. The molecular formula is C19H16BFN6O5S. The third kappa shape index (κ3) is 4.62. The van der Waals surface area contributed by atoms with Gasteiger partial charge >= 0.3 is 12.1 Å². The van der Waals surface area contributed by atoms with Gasteiger partial charge in [0.2, 0.25) is 0 Å². The second-order valence-electron chi connectivity index (χ2n) is 6.72. The molecule has 0 spiro atoms. The van der Waals surface area contributed by atoms with Gasteiger partial charge in [-0.05, 0) is 25.2 Å². The summed E-state index contributed by atoms with van der Waals surface area (Å²) < 4.78 is 42.1. The Balaban J connectivity index is 1.60. The first kappa shape index (κ1) is 22.6. The minimum atomic E-state index is -2.32. The van der Waals surface area contributed by atoms with Crippen LogP contribution in [0, 0.1) is 5.82 Å². The number of carbonyl (C=O) groups is 1. The standard InChI is InChI=1S/C19H16BFN6O5S/c1-22-33(30)26-14-4-2-3-11(16(14)21)10-27-18(28)32-15-9-12(5-6-13(15)19(27,20)29)31-17-23-7-8-24-25-17/h2-9,22,26,29H,10H2,1H3. The first-order valence-electron chi connectivity index (χ1n) is 9.39. The number of nitrogens with zero attached hydrogens (tertiary/aromatic N) is 4. The van der Waals surface area contributed by atoms with E-state index in [0.717, 1.165) is 4.90 Å². The molecule has 1 aliphatic heterocycles. The normalized spacial score (nSPS) is 18.3. The number of rotatable bonds is 7. The number of halogens is 1. The lowest BCUT2D eigenvalue weighted by Crippen LogP contribution is -2.54. The van der Waals surface area contributed by atoms with Crippen LogP contribution in [0.3, 0.4) is 0 Å². The van der Waals surface area contributed by atoms with Crippen molar-refractivity contribution in [3.63, 3.8) is 0 Å². The molecule has 3 N–H and O–H groups in total. The van der Waals surface area contributed by atoms with Crippen molar-refractivity contribution in [1.82, 2.24) is 24.8 Å². The highest BCUT2D eigenvalue weighted by Gasteiger charge is 2.42. The van der Waals surface area contributed by atoms with E-state index in [9.17, 15) is 18.5 Å². The molecule has 4 rings (SSSR count). The van der Waals surface area contributed by atoms with Gasteiger partial charge < -0.3 is 14.6 Å². The van der Waals surface area contributed by atoms with Crippen molar-refractivity contribution in [3.05, 3.63) is 65.7 Å². The van der Waals surface area contributed by atoms with Gasteiger partial charge in [0.25, 0.3) is 0 Å². The summed E-state index contributed by atoms with van der Waals surface area (Å²) in [5, 5.41) is 18.3. The van der Waals surface area contributed by atoms with Crippen molar-refractivity contribution < 1.29 is 28.0 Å². The van der Waals surface area contributed by atoms with E-state index in [0.29, 0.717) is 0 Å². The van der Waals surface area contributed by atoms with E-state index in [-0.39, 0.29) is 34.3 Å². The van der Waals surface area contributed by atoms with Gasteiger partial charge in [-0.2, -0.15) is 5.10 Å². The summed E-state index contributed by atoms with van der Waals surface area (Å²) in [6, 6.07) is 8.42. The number of carbonyl (C=O) groups excluding carboxylic acids is 1. The van der Waals surface area contributed by atoms with Crippen molar-refractivity contribution in [2.45, 2.75) is 12.2 Å². The Morgan fingerprint density at radius 3 is 2.88 bits per heavy atom. The molecule has 2 heterocycles. The van der Waals surface area contributed by atoms with Gasteiger partial charge in [0.15, 0.2) is 24.8 Å². The lowest BCUT2D eigenvalue weighted by atomic mass is 9.80. The quantitative estimate of drug-likeness (QED) is 0.440. The number of fused-ring (bicyclic) bond motifs is 1. The number of aromatic nitrogens is 3. The predicted molar refractivity (Wildman–Crippen MR) is 115 cm³/mol. The summed E-state index contributed by atoms with van der Waals surface area (Å²) in [5.74, 6) is -0.611. The zero-order valence-electron chi connectivity index (χ0n) is 17.1. The molecule has 11 nitrogen and oxygen atoms in total. The fourth-order valence-electron chi connectivity index (χ4n) is 3.06. The van der Waals surface area contributed by atoms with Crippen LogP contribution >= 0.6 is 0 Å². The number of nitrogens with one attached hydrogen (secondary N) is 2. The highest BCUT2D eigenvalue weighted by molar-refractivity contribution is 7.84. The maximum absolute atomic E-state index is 14.9. The molecule has 0 saturated carbocycles. The van der Waals surface area contributed by atoms with Crippen LogP contribution in [-0.2, 0) is 23.3 Å². The molecule has 2 atom stereocenters. The maximum Gasteiger partial charge on any atom is 0.417 e. The zero-order chi connectivity index (χ0) is 23.6. The predicted octanol–water partition coefficient (Wildman–Crippen LogP) is 1.30. The average Bonchev–Trinajstić information content (AvgIpc) is 2.79. The number of benzene rings is 2. The number of anilines is 1. The Labute approximate surface area is 191 Å². The van der Waals surface area contributed by atoms with Gasteiger partial charge in [-0.1, -0.05) is 17.2 Å². The number of amides is 1. The molecule has 0 fully saturated rings. The second-order valence-corrected chi connectivity index (χ2v) is 7.87. The maximum atomic E-state index is 14.9. The van der Waals surface area contributed by atoms with Crippen molar-refractivity contribution >= 4 is 30.8 Å². The van der Waals surface area contributed by atoms with E-state index in [4.69, 9.17) is 17.3 Å². The Kier molecular flexibility index (Phi) is 6.22. The summed E-state index contributed by atoms with van der Waals surface area (Å²) in [4.78, 5) is 17.3. The third-order valence-electron chi connectivity index (χ3n) is 4.64. The molecule has 2 radical (unpaired) electrons. The molecule has 1 amide bonds. The van der Waals surface area contributed by atoms with E-state index >= 15 is 0 Å². The first-order chi connectivity index (χ1) is 15.8. The fraction of sp³-hybridized carbons (Fsp3) is 0.158. The van der Waals surface area contributed by atoms with E-state index in [1.807, 2.05) is 0 Å². The van der Waals surface area contributed by atoms with Crippen LogP contribution in [-0.4, -0.2) is 50.4 Å². The Morgan fingerprint density at radius 1 is 1.33 bits per heavy atom. The lowest BCUT2D eigenvalue weighted by Gasteiger charge is -2.41. The van der Waals surface area contributed by atoms with Gasteiger partial charge in [-0.3, -0.25) is 9.62 Å². The van der Waals surface area contributed by atoms with Crippen LogP contribution in [0.4, 0.5) is 14.9 Å². The van der Waals surface area contributed by atoms with Crippen LogP contribution in [0.25, 0.3) is 0 Å². The van der Waals surface area contributed by atoms with Crippen LogP contribution in [0.2, 0.25) is 0 Å². The molecule has 2 unspecified atom stereocenters. The number of aliphatic hydroxyl groups is 1. The van der Waals surface area contributed by atoms with Gasteiger partial charge in [0.05, 0.1) is 24.6 Å². The molecular weight excluding hydrogens is 454 g/mol. The summed E-state index contributed by atoms with van der Waals surface area (Å²) in [5.41, 5.74) is -2.33. The molecule has 1 aromatic heterocycles. The van der Waals surface area contributed by atoms with Crippen molar-refractivity contribution in [2.24, 2.45) is 0 Å². The Morgan fingerprint density at radius 2 is 2.15 bits per heavy atom. The molecule has 2 aromatic carbocycles. The number of hydrogen-bond acceptors (Lipinski definition) is 8. The monoisotopic (exact) mass is 470 g/mol. The molecule has 0 aliphatic carbocycles. The SMILES string of the molecule is [B]C1(O)c2ccc(Oc3nccnn3)cc2OC(=O)N1Cc1cccc(NS(=O)NC)c1F. The Bertz CT molecular complexity index is 1220. The largest absolute Gasteiger partial charge is 0.423 e. The third-order valence-corrected chi connectivity index (χ3v) is 5.42. The summed E-state index contributed by atoms with van der Waals surface area (Å²) >= 11 is -1.72. The minimum Gasteiger partial charge on any atom is -0.423 e. The van der Waals surface area contributed by atoms with Crippen LogP contribution in [0.5, 0.6) is 17.5 Å². The van der Waals surface area contributed by atoms with Gasteiger partial charge in [0, 0.05) is 17.2 Å². The highest BCUT2D eigenvalue weighted by atomic mass is 32.2. The summed E-state index contributed by atoms with van der Waals surface area (Å²) in [7, 11) is 7.50. The van der Waals surface area contributed by atoms with Crippen LogP contribution in [0.15, 0.2) is 48.8 Å². The molecule has 33 heavy (non-hydrogen) atoms. The van der Waals surface area contributed by atoms with E-state index in [1.54, 1.807) is 0 Å². The smallest absolute Gasteiger partial charge is 0.417 e. The first-order valence-corrected chi connectivity index (χ1v) is 10.5. The molecule has 0 bridgehead atoms. The average molecular weight is 470 g/mol. The topological polar surface area (TPSA) is 139 Å². The van der Waals surface area contributed by atoms with Crippen molar-refractivity contribution in [1.29, 1.82) is 0 Å². The number of ether oxygens (including phenoxy) is 2. The van der Waals surface area contributed by atoms with Crippen molar-refractivity contribution in [3.8, 4) is 17.5 Å². The summed E-state index contributed by atoms with van der Waals surface area (Å²) in [6.45, 7) is -0.430. The fourth-order valence-corrected chi connectivity index (χ4v) is 3.52. The molecule has 0 saturated heterocycles.